The number of benzene rings is 1. The van der Waals surface area contributed by atoms with E-state index < -0.39 is 0 Å². The van der Waals surface area contributed by atoms with Crippen molar-refractivity contribution in [3.8, 4) is 0 Å². The molecule has 1 fully saturated rings. The average Bonchev–Trinajstić information content (AvgIpc) is 2.64. The summed E-state index contributed by atoms with van der Waals surface area (Å²) in [5.41, 5.74) is 4.16. The molecule has 1 unspecified atom stereocenters. The van der Waals surface area contributed by atoms with Gasteiger partial charge in [0, 0.05) is 11.1 Å². The van der Waals surface area contributed by atoms with E-state index in [0.717, 1.165) is 17.4 Å². The number of rotatable bonds is 4. The van der Waals surface area contributed by atoms with Gasteiger partial charge in [-0.3, -0.25) is 11.3 Å². The van der Waals surface area contributed by atoms with Gasteiger partial charge in [-0.25, -0.2) is 0 Å². The Morgan fingerprint density at radius 2 is 1.94 bits per heavy atom. The van der Waals surface area contributed by atoms with Crippen molar-refractivity contribution in [2.45, 2.75) is 51.0 Å². The van der Waals surface area contributed by atoms with Gasteiger partial charge >= 0.3 is 0 Å². The van der Waals surface area contributed by atoms with Gasteiger partial charge in [-0.1, -0.05) is 62.3 Å². The Morgan fingerprint density at radius 1 is 1.22 bits per heavy atom. The zero-order chi connectivity index (χ0) is 12.8. The number of hydrogen-bond donors (Lipinski definition) is 2. The molecule has 1 atom stereocenters. The first-order valence-corrected chi connectivity index (χ1v) is 7.39. The highest BCUT2D eigenvalue weighted by Crippen LogP contribution is 2.31. The van der Waals surface area contributed by atoms with E-state index in [0.29, 0.717) is 0 Å². The Hall–Kier alpha value is -0.570. The maximum absolute atomic E-state index is 6.05. The molecule has 1 aromatic rings. The molecule has 1 aliphatic rings. The largest absolute Gasteiger partial charge is 0.271 e. The van der Waals surface area contributed by atoms with Crippen LogP contribution in [0.5, 0.6) is 0 Å². The van der Waals surface area contributed by atoms with E-state index in [-0.39, 0.29) is 6.04 Å². The van der Waals surface area contributed by atoms with Gasteiger partial charge in [0.25, 0.3) is 0 Å². The molecular formula is C15H23ClN2. The minimum atomic E-state index is 0.229. The molecule has 0 amide bonds. The molecule has 100 valence electrons. The Morgan fingerprint density at radius 3 is 2.56 bits per heavy atom. The highest BCUT2D eigenvalue weighted by molar-refractivity contribution is 6.30. The van der Waals surface area contributed by atoms with Crippen LogP contribution >= 0.6 is 11.6 Å². The summed E-state index contributed by atoms with van der Waals surface area (Å²) in [6, 6.07) is 8.25. The van der Waals surface area contributed by atoms with Gasteiger partial charge in [-0.05, 0) is 30.0 Å². The zero-order valence-corrected chi connectivity index (χ0v) is 11.6. The Balaban J connectivity index is 1.99. The topological polar surface area (TPSA) is 38.0 Å². The minimum absolute atomic E-state index is 0.229. The van der Waals surface area contributed by atoms with E-state index in [2.05, 4.69) is 11.5 Å². The summed E-state index contributed by atoms with van der Waals surface area (Å²) in [5.74, 6) is 6.52. The van der Waals surface area contributed by atoms with Crippen molar-refractivity contribution in [3.05, 3.63) is 34.9 Å². The maximum Gasteiger partial charge on any atom is 0.0463 e. The van der Waals surface area contributed by atoms with Crippen molar-refractivity contribution < 1.29 is 0 Å². The first kappa shape index (κ1) is 13.9. The second-order valence-corrected chi connectivity index (χ2v) is 5.80. The van der Waals surface area contributed by atoms with Crippen LogP contribution in [0.3, 0.4) is 0 Å². The van der Waals surface area contributed by atoms with Gasteiger partial charge in [0.1, 0.15) is 0 Å². The van der Waals surface area contributed by atoms with Gasteiger partial charge in [0.2, 0.25) is 0 Å². The van der Waals surface area contributed by atoms with Crippen molar-refractivity contribution in [3.63, 3.8) is 0 Å². The van der Waals surface area contributed by atoms with Crippen LogP contribution in [0.25, 0.3) is 0 Å². The Kier molecular flexibility index (Phi) is 5.48. The maximum atomic E-state index is 6.05. The van der Waals surface area contributed by atoms with E-state index >= 15 is 0 Å². The molecule has 0 saturated heterocycles. The minimum Gasteiger partial charge on any atom is -0.271 e. The van der Waals surface area contributed by atoms with Crippen molar-refractivity contribution in [1.82, 2.24) is 5.43 Å². The van der Waals surface area contributed by atoms with Crippen LogP contribution in [-0.2, 0) is 0 Å². The second kappa shape index (κ2) is 7.13. The first-order chi connectivity index (χ1) is 8.79. The molecule has 18 heavy (non-hydrogen) atoms. The average molecular weight is 267 g/mol. The third kappa shape index (κ3) is 3.98. The predicted molar refractivity (Wildman–Crippen MR) is 77.3 cm³/mol. The Bertz CT molecular complexity index is 359. The van der Waals surface area contributed by atoms with Gasteiger partial charge in [-0.2, -0.15) is 0 Å². The molecule has 0 bridgehead atoms. The molecule has 1 saturated carbocycles. The van der Waals surface area contributed by atoms with Crippen LogP contribution in [0, 0.1) is 5.92 Å². The standard InChI is InChI=1S/C15H23ClN2/c16-14-9-5-8-13(11-14)15(18-17)10-12-6-3-1-2-4-7-12/h5,8-9,11-12,15,18H,1-4,6-7,10,17H2. The highest BCUT2D eigenvalue weighted by Gasteiger charge is 2.18. The van der Waals surface area contributed by atoms with Crippen molar-refractivity contribution in [2.24, 2.45) is 11.8 Å². The summed E-state index contributed by atoms with van der Waals surface area (Å²) >= 11 is 6.05. The van der Waals surface area contributed by atoms with E-state index in [1.54, 1.807) is 0 Å². The number of nitrogens with two attached hydrogens (primary N) is 1. The van der Waals surface area contributed by atoms with Crippen molar-refractivity contribution in [1.29, 1.82) is 0 Å². The molecule has 0 aromatic heterocycles. The highest BCUT2D eigenvalue weighted by atomic mass is 35.5. The van der Waals surface area contributed by atoms with Gasteiger partial charge in [0.15, 0.2) is 0 Å². The monoisotopic (exact) mass is 266 g/mol. The number of halogens is 1. The Labute approximate surface area is 115 Å². The predicted octanol–water partition coefficient (Wildman–Crippen LogP) is 4.20. The molecule has 0 radical (unpaired) electrons. The lowest BCUT2D eigenvalue weighted by molar-refractivity contribution is 0.359. The van der Waals surface area contributed by atoms with Crippen molar-refractivity contribution in [2.75, 3.05) is 0 Å². The smallest absolute Gasteiger partial charge is 0.0463 e. The van der Waals surface area contributed by atoms with Crippen molar-refractivity contribution >= 4 is 11.6 Å². The summed E-state index contributed by atoms with van der Waals surface area (Å²) in [6.07, 6.45) is 9.35. The number of hydrogen-bond acceptors (Lipinski definition) is 2. The molecule has 1 aromatic carbocycles. The fourth-order valence-corrected chi connectivity index (χ4v) is 3.16. The third-order valence-electron chi connectivity index (χ3n) is 4.00. The fourth-order valence-electron chi connectivity index (χ4n) is 2.96. The summed E-state index contributed by atoms with van der Waals surface area (Å²) in [5, 5.41) is 0.786. The molecule has 0 heterocycles. The number of hydrazine groups is 1. The third-order valence-corrected chi connectivity index (χ3v) is 4.23. The summed E-state index contributed by atoms with van der Waals surface area (Å²) in [6.45, 7) is 0. The summed E-state index contributed by atoms with van der Waals surface area (Å²) < 4.78 is 0. The summed E-state index contributed by atoms with van der Waals surface area (Å²) in [4.78, 5) is 0. The molecule has 0 spiro atoms. The normalized spacial score (nSPS) is 19.4. The van der Waals surface area contributed by atoms with Crippen LogP contribution in [0.2, 0.25) is 5.02 Å². The lowest BCUT2D eigenvalue weighted by atomic mass is 9.90. The zero-order valence-electron chi connectivity index (χ0n) is 10.9. The van der Waals surface area contributed by atoms with Gasteiger partial charge in [0.05, 0.1) is 0 Å². The van der Waals surface area contributed by atoms with E-state index in [4.69, 9.17) is 17.4 Å². The lowest BCUT2D eigenvalue weighted by Crippen LogP contribution is -2.29. The van der Waals surface area contributed by atoms with E-state index in [1.807, 2.05) is 18.2 Å². The second-order valence-electron chi connectivity index (χ2n) is 5.37. The van der Waals surface area contributed by atoms with Crippen LogP contribution in [0.4, 0.5) is 0 Å². The molecule has 2 nitrogen and oxygen atoms in total. The molecule has 3 heteroatoms. The van der Waals surface area contributed by atoms with Crippen LogP contribution in [0.1, 0.15) is 56.6 Å². The quantitative estimate of drug-likeness (QED) is 0.487. The van der Waals surface area contributed by atoms with E-state index in [1.165, 1.54) is 44.1 Å². The SMILES string of the molecule is NNC(CC1CCCCCC1)c1cccc(Cl)c1. The molecule has 0 aliphatic heterocycles. The van der Waals surface area contributed by atoms with Crippen LogP contribution in [-0.4, -0.2) is 0 Å². The molecule has 3 N–H and O–H groups in total. The van der Waals surface area contributed by atoms with Gasteiger partial charge in [-0.15, -0.1) is 0 Å². The lowest BCUT2D eigenvalue weighted by Gasteiger charge is -2.22. The van der Waals surface area contributed by atoms with Gasteiger partial charge < -0.3 is 0 Å². The number of nitrogens with one attached hydrogen (secondary N) is 1. The molecule has 2 rings (SSSR count). The van der Waals surface area contributed by atoms with E-state index in [9.17, 15) is 0 Å². The fraction of sp³-hybridized carbons (Fsp3) is 0.600. The van der Waals surface area contributed by atoms with Crippen LogP contribution in [0.15, 0.2) is 24.3 Å². The molecule has 1 aliphatic carbocycles. The molecular weight excluding hydrogens is 244 g/mol. The summed E-state index contributed by atoms with van der Waals surface area (Å²) in [7, 11) is 0. The van der Waals surface area contributed by atoms with Crippen LogP contribution < -0.4 is 11.3 Å². The first-order valence-electron chi connectivity index (χ1n) is 7.01.